The Labute approximate surface area is 129 Å². The van der Waals surface area contributed by atoms with Crippen LogP contribution >= 0.6 is 15.9 Å². The van der Waals surface area contributed by atoms with Crippen molar-refractivity contribution in [2.75, 3.05) is 5.32 Å². The van der Waals surface area contributed by atoms with Crippen LogP contribution in [0.1, 0.15) is 37.7 Å². The fourth-order valence-electron chi connectivity index (χ4n) is 2.15. The van der Waals surface area contributed by atoms with E-state index >= 15 is 0 Å². The number of nitrogens with zero attached hydrogens (tertiary/aromatic N) is 1. The number of aromatic amines is 1. The molecule has 0 saturated heterocycles. The molecular formula is C14H14BrN3O3. The summed E-state index contributed by atoms with van der Waals surface area (Å²) in [5.74, 6) is -1.03. The van der Waals surface area contributed by atoms with Crippen molar-refractivity contribution in [1.29, 1.82) is 0 Å². The highest BCUT2D eigenvalue weighted by Gasteiger charge is 2.22. The lowest BCUT2D eigenvalue weighted by atomic mass is 10.1. The number of aromatic carboxylic acids is 1. The van der Waals surface area contributed by atoms with Crippen molar-refractivity contribution in [3.8, 4) is 0 Å². The average Bonchev–Trinajstić information content (AvgIpc) is 2.68. The first-order valence-corrected chi connectivity index (χ1v) is 6.96. The number of carboxylic acid groups (broad SMARTS) is 1. The van der Waals surface area contributed by atoms with Crippen molar-refractivity contribution in [3.63, 3.8) is 0 Å². The largest absolute Gasteiger partial charge is 0.477 e. The Bertz CT molecular complexity index is 737. The number of carboxylic acids is 1. The number of aromatic nitrogens is 2. The predicted molar refractivity (Wildman–Crippen MR) is 81.9 cm³/mol. The highest BCUT2D eigenvalue weighted by Crippen LogP contribution is 2.21. The molecule has 2 heterocycles. The van der Waals surface area contributed by atoms with Crippen LogP contribution in [0.3, 0.4) is 0 Å². The standard InChI is InChI=1S/C14H14BrN3O3/c1-6-4-9(15)5-16-12(6)18-13(19)10-7(2)11(14(20)21)17-8(10)3/h4-5,17H,1-3H3,(H,20,21)(H,16,18,19). The molecule has 0 aliphatic carbocycles. The Morgan fingerprint density at radius 3 is 2.52 bits per heavy atom. The van der Waals surface area contributed by atoms with Crippen molar-refractivity contribution >= 4 is 33.6 Å². The first kappa shape index (κ1) is 15.2. The summed E-state index contributed by atoms with van der Waals surface area (Å²) < 4.78 is 0.820. The van der Waals surface area contributed by atoms with Gasteiger partial charge in [-0.25, -0.2) is 9.78 Å². The van der Waals surface area contributed by atoms with E-state index in [2.05, 4.69) is 31.2 Å². The van der Waals surface area contributed by atoms with Crippen LogP contribution in [0.4, 0.5) is 5.82 Å². The minimum absolute atomic E-state index is 0.0261. The molecule has 0 saturated carbocycles. The van der Waals surface area contributed by atoms with E-state index in [0.717, 1.165) is 10.0 Å². The fraction of sp³-hybridized carbons (Fsp3) is 0.214. The van der Waals surface area contributed by atoms with Gasteiger partial charge in [0.05, 0.1) is 5.56 Å². The van der Waals surface area contributed by atoms with Crippen molar-refractivity contribution in [2.24, 2.45) is 0 Å². The third-order valence-electron chi connectivity index (χ3n) is 3.16. The molecule has 110 valence electrons. The van der Waals surface area contributed by atoms with Gasteiger partial charge < -0.3 is 15.4 Å². The Hall–Kier alpha value is -2.15. The summed E-state index contributed by atoms with van der Waals surface area (Å²) in [6, 6.07) is 1.84. The number of pyridine rings is 1. The second-order valence-corrected chi connectivity index (χ2v) is 5.62. The number of H-pyrrole nitrogens is 1. The Morgan fingerprint density at radius 2 is 2.00 bits per heavy atom. The van der Waals surface area contributed by atoms with Gasteiger partial charge in [0.1, 0.15) is 11.5 Å². The molecular weight excluding hydrogens is 338 g/mol. The number of anilines is 1. The number of rotatable bonds is 3. The van der Waals surface area contributed by atoms with E-state index in [1.54, 1.807) is 20.0 Å². The maximum Gasteiger partial charge on any atom is 0.352 e. The third kappa shape index (κ3) is 2.97. The van der Waals surface area contributed by atoms with Crippen molar-refractivity contribution in [2.45, 2.75) is 20.8 Å². The van der Waals surface area contributed by atoms with E-state index in [0.29, 0.717) is 22.6 Å². The molecule has 0 radical (unpaired) electrons. The van der Waals surface area contributed by atoms with Gasteiger partial charge in [0.25, 0.3) is 5.91 Å². The number of carbonyl (C=O) groups excluding carboxylic acids is 1. The van der Waals surface area contributed by atoms with Crippen LogP contribution in [0.15, 0.2) is 16.7 Å². The van der Waals surface area contributed by atoms with Crippen molar-refractivity contribution < 1.29 is 14.7 Å². The van der Waals surface area contributed by atoms with Gasteiger partial charge in [-0.05, 0) is 53.9 Å². The lowest BCUT2D eigenvalue weighted by Crippen LogP contribution is -2.15. The zero-order valence-electron chi connectivity index (χ0n) is 11.7. The summed E-state index contributed by atoms with van der Waals surface area (Å²) in [5.41, 5.74) is 2.08. The maximum atomic E-state index is 12.4. The third-order valence-corrected chi connectivity index (χ3v) is 3.59. The van der Waals surface area contributed by atoms with E-state index in [4.69, 9.17) is 5.11 Å². The van der Waals surface area contributed by atoms with Crippen LogP contribution in [0.2, 0.25) is 0 Å². The summed E-state index contributed by atoms with van der Waals surface area (Å²) in [6.07, 6.45) is 1.59. The SMILES string of the molecule is Cc1cc(Br)cnc1NC(=O)c1c(C)[nH]c(C(=O)O)c1C. The van der Waals surface area contributed by atoms with Crippen molar-refractivity contribution in [3.05, 3.63) is 44.8 Å². The Balaban J connectivity index is 2.35. The zero-order chi connectivity index (χ0) is 15.7. The molecule has 0 aliphatic heterocycles. The molecule has 0 aromatic carbocycles. The van der Waals surface area contributed by atoms with E-state index in [9.17, 15) is 9.59 Å². The van der Waals surface area contributed by atoms with Gasteiger partial charge in [0, 0.05) is 16.4 Å². The summed E-state index contributed by atoms with van der Waals surface area (Å²) in [6.45, 7) is 5.09. The molecule has 2 aromatic rings. The number of nitrogens with one attached hydrogen (secondary N) is 2. The van der Waals surface area contributed by atoms with Gasteiger partial charge >= 0.3 is 5.97 Å². The number of hydrogen-bond donors (Lipinski definition) is 3. The molecule has 0 fully saturated rings. The van der Waals surface area contributed by atoms with Gasteiger partial charge in [-0.3, -0.25) is 4.79 Å². The van der Waals surface area contributed by atoms with Crippen LogP contribution in [-0.4, -0.2) is 27.0 Å². The number of aryl methyl sites for hydroxylation is 2. The zero-order valence-corrected chi connectivity index (χ0v) is 13.3. The quantitative estimate of drug-likeness (QED) is 0.791. The molecule has 0 aliphatic rings. The minimum atomic E-state index is -1.09. The highest BCUT2D eigenvalue weighted by molar-refractivity contribution is 9.10. The molecule has 1 amide bonds. The molecule has 2 rings (SSSR count). The molecule has 21 heavy (non-hydrogen) atoms. The van der Waals surface area contributed by atoms with E-state index in [1.807, 2.05) is 13.0 Å². The van der Waals surface area contributed by atoms with Gasteiger partial charge in [0.15, 0.2) is 0 Å². The molecule has 0 spiro atoms. The maximum absolute atomic E-state index is 12.4. The number of hydrogen-bond acceptors (Lipinski definition) is 3. The summed E-state index contributed by atoms with van der Waals surface area (Å²) >= 11 is 3.30. The number of amides is 1. The molecule has 0 unspecified atom stereocenters. The minimum Gasteiger partial charge on any atom is -0.477 e. The monoisotopic (exact) mass is 351 g/mol. The fourth-order valence-corrected chi connectivity index (χ4v) is 2.59. The lowest BCUT2D eigenvalue weighted by Gasteiger charge is -2.08. The molecule has 0 bridgehead atoms. The summed E-state index contributed by atoms with van der Waals surface area (Å²) in [5, 5.41) is 11.8. The van der Waals surface area contributed by atoms with E-state index < -0.39 is 5.97 Å². The van der Waals surface area contributed by atoms with Crippen LogP contribution < -0.4 is 5.32 Å². The van der Waals surface area contributed by atoms with E-state index in [-0.39, 0.29) is 11.6 Å². The predicted octanol–water partition coefficient (Wildman–Crippen LogP) is 3.05. The second kappa shape index (κ2) is 5.69. The lowest BCUT2D eigenvalue weighted by molar-refractivity contribution is 0.0690. The van der Waals surface area contributed by atoms with Gasteiger partial charge in [-0.15, -0.1) is 0 Å². The first-order valence-electron chi connectivity index (χ1n) is 6.17. The van der Waals surface area contributed by atoms with Crippen LogP contribution in [0.5, 0.6) is 0 Å². The van der Waals surface area contributed by atoms with Gasteiger partial charge in [0.2, 0.25) is 0 Å². The van der Waals surface area contributed by atoms with E-state index in [1.165, 1.54) is 0 Å². The smallest absolute Gasteiger partial charge is 0.352 e. The molecule has 2 aromatic heterocycles. The van der Waals surface area contributed by atoms with Gasteiger partial charge in [-0.1, -0.05) is 0 Å². The average molecular weight is 352 g/mol. The topological polar surface area (TPSA) is 95.1 Å². The molecule has 6 nitrogen and oxygen atoms in total. The number of halogens is 1. The van der Waals surface area contributed by atoms with Gasteiger partial charge in [-0.2, -0.15) is 0 Å². The summed E-state index contributed by atoms with van der Waals surface area (Å²) in [4.78, 5) is 30.3. The van der Waals surface area contributed by atoms with Crippen molar-refractivity contribution in [1.82, 2.24) is 9.97 Å². The Morgan fingerprint density at radius 1 is 1.33 bits per heavy atom. The second-order valence-electron chi connectivity index (χ2n) is 4.70. The van der Waals surface area contributed by atoms with Crippen LogP contribution in [0.25, 0.3) is 0 Å². The molecule has 7 heteroatoms. The highest BCUT2D eigenvalue weighted by atomic mass is 79.9. The normalized spacial score (nSPS) is 10.5. The summed E-state index contributed by atoms with van der Waals surface area (Å²) in [7, 11) is 0. The Kier molecular flexibility index (Phi) is 4.13. The molecule has 0 atom stereocenters. The number of carbonyl (C=O) groups is 2. The molecule has 3 N–H and O–H groups in total. The van der Waals surface area contributed by atoms with Crippen LogP contribution in [-0.2, 0) is 0 Å². The van der Waals surface area contributed by atoms with Crippen LogP contribution in [0, 0.1) is 20.8 Å². The first-order chi connectivity index (χ1) is 9.81.